The van der Waals surface area contributed by atoms with Crippen LogP contribution in [0.2, 0.25) is 0 Å². The maximum Gasteiger partial charge on any atom is 0.224 e. The second-order valence-corrected chi connectivity index (χ2v) is 5.88. The Labute approximate surface area is 122 Å². The number of hydrogen-bond acceptors (Lipinski definition) is 1. The highest BCUT2D eigenvalue weighted by atomic mass is 79.9. The quantitative estimate of drug-likeness (QED) is 0.759. The highest BCUT2D eigenvalue weighted by molar-refractivity contribution is 9.09. The van der Waals surface area contributed by atoms with Crippen molar-refractivity contribution in [1.82, 2.24) is 5.32 Å². The molecule has 1 unspecified atom stereocenters. The Balaban J connectivity index is 2.37. The van der Waals surface area contributed by atoms with E-state index in [0.29, 0.717) is 23.7 Å². The molecule has 0 aliphatic rings. The molecule has 0 bridgehead atoms. The molecular weight excluding hydrogens is 309 g/mol. The van der Waals surface area contributed by atoms with Crippen molar-refractivity contribution in [3.63, 3.8) is 0 Å². The minimum atomic E-state index is -0.279. The van der Waals surface area contributed by atoms with Crippen molar-refractivity contribution in [1.29, 1.82) is 0 Å². The fraction of sp³-hybridized carbons (Fsp3) is 0.533. The number of carbonyl (C=O) groups is 1. The van der Waals surface area contributed by atoms with Gasteiger partial charge in [-0.15, -0.1) is 0 Å². The summed E-state index contributed by atoms with van der Waals surface area (Å²) in [6, 6.07) is 6.03. The number of amides is 1. The lowest BCUT2D eigenvalue weighted by molar-refractivity contribution is -0.120. The summed E-state index contributed by atoms with van der Waals surface area (Å²) in [7, 11) is 0. The number of alkyl halides is 1. The molecule has 0 aliphatic carbocycles. The van der Waals surface area contributed by atoms with E-state index in [2.05, 4.69) is 35.1 Å². The SMILES string of the molecule is CCC(CC)C(Br)CNC(=O)Cc1ccc(F)cc1. The molecule has 0 heterocycles. The average molecular weight is 330 g/mol. The Morgan fingerprint density at radius 3 is 2.37 bits per heavy atom. The topological polar surface area (TPSA) is 29.1 Å². The van der Waals surface area contributed by atoms with Crippen molar-refractivity contribution in [3.8, 4) is 0 Å². The van der Waals surface area contributed by atoms with Crippen molar-refractivity contribution >= 4 is 21.8 Å². The van der Waals surface area contributed by atoms with Gasteiger partial charge < -0.3 is 5.32 Å². The Morgan fingerprint density at radius 2 is 1.84 bits per heavy atom. The lowest BCUT2D eigenvalue weighted by Gasteiger charge is -2.19. The standard InChI is InChI=1S/C15H21BrFNO/c1-3-12(4-2)14(16)10-18-15(19)9-11-5-7-13(17)8-6-11/h5-8,12,14H,3-4,9-10H2,1-2H3,(H,18,19). The van der Waals surface area contributed by atoms with E-state index in [9.17, 15) is 9.18 Å². The minimum Gasteiger partial charge on any atom is -0.355 e. The monoisotopic (exact) mass is 329 g/mol. The van der Waals surface area contributed by atoms with Crippen LogP contribution in [0.25, 0.3) is 0 Å². The van der Waals surface area contributed by atoms with Crippen LogP contribution in [0.15, 0.2) is 24.3 Å². The minimum absolute atomic E-state index is 0.0259. The Kier molecular flexibility index (Phi) is 7.06. The molecule has 19 heavy (non-hydrogen) atoms. The maximum absolute atomic E-state index is 12.7. The van der Waals surface area contributed by atoms with Gasteiger partial charge in [-0.2, -0.15) is 0 Å². The summed E-state index contributed by atoms with van der Waals surface area (Å²) in [6.45, 7) is 4.94. The summed E-state index contributed by atoms with van der Waals surface area (Å²) in [5.74, 6) is 0.270. The first kappa shape index (κ1) is 16.2. The molecule has 1 amide bonds. The van der Waals surface area contributed by atoms with Gasteiger partial charge in [-0.1, -0.05) is 54.8 Å². The van der Waals surface area contributed by atoms with Gasteiger partial charge in [-0.25, -0.2) is 4.39 Å². The smallest absolute Gasteiger partial charge is 0.224 e. The van der Waals surface area contributed by atoms with E-state index in [0.717, 1.165) is 18.4 Å². The zero-order valence-electron chi connectivity index (χ0n) is 11.5. The van der Waals surface area contributed by atoms with Crippen LogP contribution in [0.3, 0.4) is 0 Å². The summed E-state index contributed by atoms with van der Waals surface area (Å²) in [4.78, 5) is 12.1. The summed E-state index contributed by atoms with van der Waals surface area (Å²) in [5, 5.41) is 2.92. The highest BCUT2D eigenvalue weighted by Crippen LogP contribution is 2.19. The van der Waals surface area contributed by atoms with Gasteiger partial charge in [0.25, 0.3) is 0 Å². The van der Waals surface area contributed by atoms with E-state index in [1.807, 2.05) is 0 Å². The number of hydrogen-bond donors (Lipinski definition) is 1. The molecule has 0 saturated carbocycles. The second kappa shape index (κ2) is 8.31. The first-order valence-electron chi connectivity index (χ1n) is 6.72. The van der Waals surface area contributed by atoms with Crippen LogP contribution in [0.1, 0.15) is 32.3 Å². The summed E-state index contributed by atoms with van der Waals surface area (Å²) >= 11 is 3.62. The molecule has 1 aromatic carbocycles. The van der Waals surface area contributed by atoms with Crippen molar-refractivity contribution in [2.75, 3.05) is 6.54 Å². The zero-order valence-corrected chi connectivity index (χ0v) is 13.0. The molecular formula is C15H21BrFNO. The Hall–Kier alpha value is -0.900. The molecule has 1 aromatic rings. The normalized spacial score (nSPS) is 12.5. The number of halogens is 2. The van der Waals surface area contributed by atoms with E-state index in [4.69, 9.17) is 0 Å². The van der Waals surface area contributed by atoms with Gasteiger partial charge in [-0.3, -0.25) is 4.79 Å². The van der Waals surface area contributed by atoms with Gasteiger partial charge in [0.2, 0.25) is 5.91 Å². The van der Waals surface area contributed by atoms with Gasteiger partial charge in [0.1, 0.15) is 5.82 Å². The molecule has 1 atom stereocenters. The van der Waals surface area contributed by atoms with Crippen molar-refractivity contribution in [2.24, 2.45) is 5.92 Å². The van der Waals surface area contributed by atoms with Crippen LogP contribution < -0.4 is 5.32 Å². The third-order valence-electron chi connectivity index (χ3n) is 3.33. The molecule has 0 saturated heterocycles. The van der Waals surface area contributed by atoms with E-state index in [1.54, 1.807) is 12.1 Å². The maximum atomic E-state index is 12.7. The molecule has 0 aromatic heterocycles. The molecule has 1 rings (SSSR count). The number of nitrogens with one attached hydrogen (secondary N) is 1. The molecule has 1 N–H and O–H groups in total. The van der Waals surface area contributed by atoms with Crippen LogP contribution in [0, 0.1) is 11.7 Å². The van der Waals surface area contributed by atoms with Crippen LogP contribution >= 0.6 is 15.9 Å². The third-order valence-corrected chi connectivity index (χ3v) is 4.40. The lowest BCUT2D eigenvalue weighted by Crippen LogP contribution is -2.33. The first-order chi connectivity index (χ1) is 9.06. The predicted octanol–water partition coefficient (Wildman–Crippen LogP) is 3.68. The number of carbonyl (C=O) groups excluding carboxylic acids is 1. The second-order valence-electron chi connectivity index (χ2n) is 4.70. The predicted molar refractivity (Wildman–Crippen MR) is 79.9 cm³/mol. The van der Waals surface area contributed by atoms with Crippen molar-refractivity contribution < 1.29 is 9.18 Å². The molecule has 4 heteroatoms. The third kappa shape index (κ3) is 5.72. The summed E-state index contributed by atoms with van der Waals surface area (Å²) < 4.78 is 12.7. The molecule has 0 aliphatic heterocycles. The Bertz CT molecular complexity index is 390. The average Bonchev–Trinajstić information content (AvgIpc) is 2.40. The fourth-order valence-electron chi connectivity index (χ4n) is 2.03. The molecule has 106 valence electrons. The van der Waals surface area contributed by atoms with Crippen LogP contribution in [0.4, 0.5) is 4.39 Å². The zero-order chi connectivity index (χ0) is 14.3. The van der Waals surface area contributed by atoms with Gasteiger partial charge in [0.15, 0.2) is 0 Å². The highest BCUT2D eigenvalue weighted by Gasteiger charge is 2.15. The molecule has 2 nitrogen and oxygen atoms in total. The van der Waals surface area contributed by atoms with Crippen LogP contribution in [-0.4, -0.2) is 17.3 Å². The first-order valence-corrected chi connectivity index (χ1v) is 7.63. The summed E-state index contributed by atoms with van der Waals surface area (Å²) in [6.07, 6.45) is 2.49. The van der Waals surface area contributed by atoms with Crippen LogP contribution in [0.5, 0.6) is 0 Å². The van der Waals surface area contributed by atoms with Gasteiger partial charge in [0, 0.05) is 11.4 Å². The lowest BCUT2D eigenvalue weighted by atomic mass is 9.99. The molecule has 0 spiro atoms. The molecule has 0 radical (unpaired) electrons. The largest absolute Gasteiger partial charge is 0.355 e. The fourth-order valence-corrected chi connectivity index (χ4v) is 2.94. The van der Waals surface area contributed by atoms with E-state index < -0.39 is 0 Å². The van der Waals surface area contributed by atoms with Gasteiger partial charge >= 0.3 is 0 Å². The number of rotatable bonds is 7. The van der Waals surface area contributed by atoms with Gasteiger partial charge in [0.05, 0.1) is 6.42 Å². The molecule has 0 fully saturated rings. The van der Waals surface area contributed by atoms with E-state index in [-0.39, 0.29) is 11.7 Å². The van der Waals surface area contributed by atoms with Crippen molar-refractivity contribution in [3.05, 3.63) is 35.6 Å². The van der Waals surface area contributed by atoms with Crippen molar-refractivity contribution in [2.45, 2.75) is 37.9 Å². The number of benzene rings is 1. The van der Waals surface area contributed by atoms with Gasteiger partial charge in [-0.05, 0) is 23.6 Å². The van der Waals surface area contributed by atoms with E-state index in [1.165, 1.54) is 12.1 Å². The Morgan fingerprint density at radius 1 is 1.26 bits per heavy atom. The summed E-state index contributed by atoms with van der Waals surface area (Å²) in [5.41, 5.74) is 0.826. The van der Waals surface area contributed by atoms with Crippen LogP contribution in [-0.2, 0) is 11.2 Å². The van der Waals surface area contributed by atoms with E-state index >= 15 is 0 Å².